The van der Waals surface area contributed by atoms with E-state index in [-0.39, 0.29) is 12.0 Å². The molecule has 136 valence electrons. The SMILES string of the molecule is C[C@H](CN[C@H](C)c1cccc2ccccc12)c1cccc(C(F)(F)F)c1. The van der Waals surface area contributed by atoms with Gasteiger partial charge in [0.2, 0.25) is 0 Å². The van der Waals surface area contributed by atoms with E-state index in [0.29, 0.717) is 12.1 Å². The lowest BCUT2D eigenvalue weighted by atomic mass is 9.96. The smallest absolute Gasteiger partial charge is 0.310 e. The zero-order chi connectivity index (χ0) is 18.7. The van der Waals surface area contributed by atoms with E-state index in [9.17, 15) is 13.2 Å². The van der Waals surface area contributed by atoms with Crippen LogP contribution in [0.2, 0.25) is 0 Å². The van der Waals surface area contributed by atoms with Crippen molar-refractivity contribution in [2.75, 3.05) is 6.54 Å². The summed E-state index contributed by atoms with van der Waals surface area (Å²) in [7, 11) is 0. The van der Waals surface area contributed by atoms with Crippen LogP contribution in [-0.4, -0.2) is 6.54 Å². The quantitative estimate of drug-likeness (QED) is 0.564. The Morgan fingerprint density at radius 1 is 0.885 bits per heavy atom. The van der Waals surface area contributed by atoms with Gasteiger partial charge in [-0.25, -0.2) is 0 Å². The fourth-order valence-corrected chi connectivity index (χ4v) is 3.23. The minimum absolute atomic E-state index is 0.0188. The maximum atomic E-state index is 12.9. The van der Waals surface area contributed by atoms with Crippen LogP contribution >= 0.6 is 0 Å². The summed E-state index contributed by atoms with van der Waals surface area (Å²) in [5.74, 6) is -0.0188. The zero-order valence-electron chi connectivity index (χ0n) is 14.8. The highest BCUT2D eigenvalue weighted by molar-refractivity contribution is 5.86. The molecule has 0 radical (unpaired) electrons. The molecule has 26 heavy (non-hydrogen) atoms. The molecule has 3 rings (SSSR count). The highest BCUT2D eigenvalue weighted by Gasteiger charge is 2.30. The molecule has 0 aliphatic rings. The van der Waals surface area contributed by atoms with Crippen LogP contribution in [0.15, 0.2) is 66.7 Å². The summed E-state index contributed by atoms with van der Waals surface area (Å²) in [4.78, 5) is 0. The molecule has 0 aliphatic carbocycles. The molecule has 0 spiro atoms. The third kappa shape index (κ3) is 4.07. The van der Waals surface area contributed by atoms with Gasteiger partial charge >= 0.3 is 6.18 Å². The van der Waals surface area contributed by atoms with Crippen LogP contribution in [0.4, 0.5) is 13.2 Å². The van der Waals surface area contributed by atoms with Gasteiger partial charge in [-0.2, -0.15) is 13.2 Å². The van der Waals surface area contributed by atoms with Crippen LogP contribution in [0, 0.1) is 0 Å². The van der Waals surface area contributed by atoms with Gasteiger partial charge < -0.3 is 5.32 Å². The fraction of sp³-hybridized carbons (Fsp3) is 0.273. The molecule has 0 bridgehead atoms. The molecule has 1 nitrogen and oxygen atoms in total. The predicted molar refractivity (Wildman–Crippen MR) is 100 cm³/mol. The van der Waals surface area contributed by atoms with Gasteiger partial charge in [0, 0.05) is 12.6 Å². The summed E-state index contributed by atoms with van der Waals surface area (Å²) < 4.78 is 38.7. The van der Waals surface area contributed by atoms with E-state index < -0.39 is 11.7 Å². The van der Waals surface area contributed by atoms with Crippen LogP contribution < -0.4 is 5.32 Å². The molecule has 0 unspecified atom stereocenters. The first kappa shape index (κ1) is 18.5. The number of nitrogens with one attached hydrogen (secondary N) is 1. The molecular formula is C22H22F3N. The fourth-order valence-electron chi connectivity index (χ4n) is 3.23. The van der Waals surface area contributed by atoms with Crippen molar-refractivity contribution in [3.8, 4) is 0 Å². The summed E-state index contributed by atoms with van der Waals surface area (Å²) in [6.45, 7) is 4.63. The van der Waals surface area contributed by atoms with E-state index in [2.05, 4.69) is 36.5 Å². The Morgan fingerprint density at radius 2 is 1.58 bits per heavy atom. The first-order valence-electron chi connectivity index (χ1n) is 8.74. The molecular weight excluding hydrogens is 335 g/mol. The number of benzene rings is 3. The summed E-state index contributed by atoms with van der Waals surface area (Å²) in [5.41, 5.74) is 1.29. The second kappa shape index (κ2) is 7.50. The van der Waals surface area contributed by atoms with Crippen LogP contribution in [0.25, 0.3) is 10.8 Å². The number of hydrogen-bond acceptors (Lipinski definition) is 1. The van der Waals surface area contributed by atoms with Gasteiger partial charge in [0.1, 0.15) is 0 Å². The Labute approximate surface area is 151 Å². The molecule has 0 aliphatic heterocycles. The van der Waals surface area contributed by atoms with E-state index >= 15 is 0 Å². The van der Waals surface area contributed by atoms with Crippen molar-refractivity contribution in [2.45, 2.75) is 32.0 Å². The van der Waals surface area contributed by atoms with Crippen molar-refractivity contribution in [3.05, 3.63) is 83.4 Å². The minimum atomic E-state index is -4.31. The number of halogens is 3. The van der Waals surface area contributed by atoms with Gasteiger partial charge in [0.05, 0.1) is 5.56 Å². The van der Waals surface area contributed by atoms with Crippen LogP contribution in [0.5, 0.6) is 0 Å². The third-order valence-corrected chi connectivity index (χ3v) is 4.80. The van der Waals surface area contributed by atoms with E-state index in [1.807, 2.05) is 25.1 Å². The molecule has 0 fully saturated rings. The molecule has 0 heterocycles. The van der Waals surface area contributed by atoms with E-state index in [0.717, 1.165) is 6.07 Å². The van der Waals surface area contributed by atoms with Gasteiger partial charge in [-0.1, -0.05) is 67.6 Å². The monoisotopic (exact) mass is 357 g/mol. The molecule has 4 heteroatoms. The highest BCUT2D eigenvalue weighted by atomic mass is 19.4. The van der Waals surface area contributed by atoms with Crippen LogP contribution in [-0.2, 0) is 6.18 Å². The highest BCUT2D eigenvalue weighted by Crippen LogP contribution is 2.31. The first-order chi connectivity index (χ1) is 12.4. The van der Waals surface area contributed by atoms with Crippen molar-refractivity contribution in [1.82, 2.24) is 5.32 Å². The molecule has 1 N–H and O–H groups in total. The van der Waals surface area contributed by atoms with Gasteiger partial charge in [-0.3, -0.25) is 0 Å². The Bertz CT molecular complexity index is 880. The summed E-state index contributed by atoms with van der Waals surface area (Å²) >= 11 is 0. The number of hydrogen-bond donors (Lipinski definition) is 1. The second-order valence-corrected chi connectivity index (χ2v) is 6.72. The lowest BCUT2D eigenvalue weighted by molar-refractivity contribution is -0.137. The summed E-state index contributed by atoms with van der Waals surface area (Å²) in [5, 5.41) is 5.85. The summed E-state index contributed by atoms with van der Waals surface area (Å²) in [6.07, 6.45) is -4.31. The minimum Gasteiger partial charge on any atom is -0.310 e. The summed E-state index contributed by atoms with van der Waals surface area (Å²) in [6, 6.07) is 20.1. The molecule has 2 atom stereocenters. The van der Waals surface area contributed by atoms with E-state index in [1.165, 1.54) is 28.5 Å². The van der Waals surface area contributed by atoms with Crippen molar-refractivity contribution in [2.24, 2.45) is 0 Å². The Hall–Kier alpha value is -2.33. The van der Waals surface area contributed by atoms with Gasteiger partial charge in [0.25, 0.3) is 0 Å². The zero-order valence-corrected chi connectivity index (χ0v) is 14.8. The van der Waals surface area contributed by atoms with Gasteiger partial charge in [-0.15, -0.1) is 0 Å². The predicted octanol–water partition coefficient (Wildman–Crippen LogP) is 6.31. The first-order valence-corrected chi connectivity index (χ1v) is 8.74. The number of fused-ring (bicyclic) bond motifs is 1. The van der Waals surface area contributed by atoms with Crippen LogP contribution in [0.3, 0.4) is 0 Å². The molecule has 3 aromatic rings. The lowest BCUT2D eigenvalue weighted by Crippen LogP contribution is -2.24. The van der Waals surface area contributed by atoms with Crippen molar-refractivity contribution in [1.29, 1.82) is 0 Å². The maximum Gasteiger partial charge on any atom is 0.416 e. The topological polar surface area (TPSA) is 12.0 Å². The molecule has 0 amide bonds. The normalized spacial score (nSPS) is 14.3. The standard InChI is InChI=1S/C22H22F3N/c1-15(18-9-5-10-19(13-18)22(23,24)25)14-26-16(2)20-12-6-8-17-7-3-4-11-21(17)20/h3-13,15-16,26H,14H2,1-2H3/t15-,16-/m1/s1. The largest absolute Gasteiger partial charge is 0.416 e. The number of alkyl halides is 3. The third-order valence-electron chi connectivity index (χ3n) is 4.80. The van der Waals surface area contributed by atoms with Crippen molar-refractivity contribution in [3.63, 3.8) is 0 Å². The van der Waals surface area contributed by atoms with Gasteiger partial charge in [-0.05, 0) is 40.8 Å². The Morgan fingerprint density at radius 3 is 2.35 bits per heavy atom. The van der Waals surface area contributed by atoms with Crippen molar-refractivity contribution >= 4 is 10.8 Å². The lowest BCUT2D eigenvalue weighted by Gasteiger charge is -2.20. The second-order valence-electron chi connectivity index (χ2n) is 6.72. The van der Waals surface area contributed by atoms with E-state index in [1.54, 1.807) is 6.07 Å². The van der Waals surface area contributed by atoms with E-state index in [4.69, 9.17) is 0 Å². The molecule has 3 aromatic carbocycles. The Kier molecular flexibility index (Phi) is 5.33. The maximum absolute atomic E-state index is 12.9. The van der Waals surface area contributed by atoms with Crippen LogP contribution in [0.1, 0.15) is 42.5 Å². The molecule has 0 aromatic heterocycles. The van der Waals surface area contributed by atoms with Crippen molar-refractivity contribution < 1.29 is 13.2 Å². The Balaban J connectivity index is 1.72. The van der Waals surface area contributed by atoms with Gasteiger partial charge in [0.15, 0.2) is 0 Å². The average molecular weight is 357 g/mol. The molecule has 0 saturated heterocycles. The average Bonchev–Trinajstić information content (AvgIpc) is 2.64. The number of rotatable bonds is 5. The molecule has 0 saturated carbocycles.